The first-order chi connectivity index (χ1) is 36.3. The van der Waals surface area contributed by atoms with Crippen LogP contribution in [0.5, 0.6) is 0 Å². The summed E-state index contributed by atoms with van der Waals surface area (Å²) in [5.74, 6) is -10.1. The number of rotatable bonds is 35. The molecule has 0 radical (unpaired) electrons. The van der Waals surface area contributed by atoms with Crippen molar-refractivity contribution < 1.29 is 68.4 Å². The fourth-order valence-electron chi connectivity index (χ4n) is 8.08. The van der Waals surface area contributed by atoms with Gasteiger partial charge in [0.1, 0.15) is 54.4 Å². The van der Waals surface area contributed by atoms with Gasteiger partial charge >= 0.3 is 5.97 Å². The highest BCUT2D eigenvalue weighted by atomic mass is 16.4. The third-order valence-electron chi connectivity index (χ3n) is 12.3. The van der Waals surface area contributed by atoms with Crippen molar-refractivity contribution in [2.24, 2.45) is 41.2 Å². The van der Waals surface area contributed by atoms with E-state index >= 15 is 0 Å². The first kappa shape index (κ1) is 69.8. The predicted octanol–water partition coefficient (Wildman–Crippen LogP) is -0.744. The summed E-state index contributed by atoms with van der Waals surface area (Å²) in [5.41, 5.74) is 6.73. The van der Waals surface area contributed by atoms with Crippen molar-refractivity contribution in [3.63, 3.8) is 0 Å². The van der Waals surface area contributed by atoms with E-state index in [4.69, 9.17) is 5.73 Å². The highest BCUT2D eigenvalue weighted by Gasteiger charge is 2.37. The first-order valence-corrected chi connectivity index (χ1v) is 27.0. The number of nitrogens with two attached hydrogens (primary N) is 1. The Labute approximate surface area is 459 Å². The molecule has 0 aromatic heterocycles. The summed E-state index contributed by atoms with van der Waals surface area (Å²) < 4.78 is 0. The van der Waals surface area contributed by atoms with Crippen molar-refractivity contribution in [2.45, 2.75) is 195 Å². The number of aliphatic hydroxyl groups is 3. The van der Waals surface area contributed by atoms with E-state index in [9.17, 15) is 68.4 Å². The number of amides is 9. The number of carbonyl (C=O) groups excluding carboxylic acids is 9. The molecule has 15 N–H and O–H groups in total. The molecule has 1 aromatic rings. The fourth-order valence-corrected chi connectivity index (χ4v) is 8.08. The third-order valence-corrected chi connectivity index (χ3v) is 12.3. The van der Waals surface area contributed by atoms with Gasteiger partial charge in [0, 0.05) is 6.42 Å². The number of aliphatic hydroxyl groups excluding tert-OH is 3. The number of hydrogen-bond acceptors (Lipinski definition) is 14. The van der Waals surface area contributed by atoms with E-state index in [2.05, 4.69) is 42.5 Å². The molecule has 24 heteroatoms. The smallest absolute Gasteiger partial charge is 0.328 e. The van der Waals surface area contributed by atoms with Gasteiger partial charge in [0.25, 0.3) is 0 Å². The lowest BCUT2D eigenvalue weighted by Crippen LogP contribution is -2.62. The Kier molecular flexibility index (Phi) is 31.0. The predicted molar refractivity (Wildman–Crippen MR) is 291 cm³/mol. The van der Waals surface area contributed by atoms with Gasteiger partial charge in [0.2, 0.25) is 53.2 Å². The minimum absolute atomic E-state index is 0.0000858. The van der Waals surface area contributed by atoms with Gasteiger partial charge in [-0.05, 0) is 80.1 Å². The molecule has 0 aliphatic heterocycles. The summed E-state index contributed by atoms with van der Waals surface area (Å²) in [6, 6.07) is -4.83. The number of carboxylic acid groups (broad SMARTS) is 1. The number of carboxylic acids is 1. The van der Waals surface area contributed by atoms with Crippen LogP contribution >= 0.6 is 0 Å². The molecule has 0 unspecified atom stereocenters. The minimum atomic E-state index is -1.74. The summed E-state index contributed by atoms with van der Waals surface area (Å²) >= 11 is 0. The van der Waals surface area contributed by atoms with Crippen LogP contribution in [0.25, 0.3) is 0 Å². The van der Waals surface area contributed by atoms with Gasteiger partial charge in [-0.2, -0.15) is 0 Å². The average Bonchev–Trinajstić information content (AvgIpc) is 3.33. The normalized spacial score (nSPS) is 15.8. The molecular formula is C54H92N10O14. The van der Waals surface area contributed by atoms with Crippen molar-refractivity contribution in [1.29, 1.82) is 0 Å². The van der Waals surface area contributed by atoms with Crippen LogP contribution in [0.2, 0.25) is 0 Å². The number of benzene rings is 1. The van der Waals surface area contributed by atoms with E-state index in [1.54, 1.807) is 85.7 Å². The number of carbonyl (C=O) groups is 10. The zero-order valence-electron chi connectivity index (χ0n) is 47.8. The van der Waals surface area contributed by atoms with Crippen molar-refractivity contribution in [1.82, 2.24) is 47.9 Å². The molecule has 1 aromatic carbocycles. The Morgan fingerprint density at radius 2 is 0.679 bits per heavy atom. The van der Waals surface area contributed by atoms with Crippen molar-refractivity contribution in [2.75, 3.05) is 13.2 Å². The van der Waals surface area contributed by atoms with E-state index < -0.39 is 139 Å². The number of hydrogen-bond donors (Lipinski definition) is 14. The zero-order chi connectivity index (χ0) is 59.7. The maximum absolute atomic E-state index is 14.4. The Morgan fingerprint density at radius 1 is 0.397 bits per heavy atom. The molecule has 0 heterocycles. The van der Waals surface area contributed by atoms with Gasteiger partial charge in [-0.25, -0.2) is 4.79 Å². The fraction of sp³-hybridized carbons (Fsp3) is 0.704. The second-order valence-electron chi connectivity index (χ2n) is 22.5. The summed E-state index contributed by atoms with van der Waals surface area (Å²) in [7, 11) is 0. The van der Waals surface area contributed by atoms with Crippen LogP contribution in [0, 0.1) is 35.5 Å². The summed E-state index contributed by atoms with van der Waals surface area (Å²) in [6.45, 7) is 20.8. The summed E-state index contributed by atoms with van der Waals surface area (Å²) in [5, 5.41) is 62.5. The number of nitrogens with one attached hydrogen (secondary N) is 9. The van der Waals surface area contributed by atoms with E-state index in [0.717, 1.165) is 6.92 Å². The molecular weight excluding hydrogens is 1010 g/mol. The second-order valence-corrected chi connectivity index (χ2v) is 22.5. The van der Waals surface area contributed by atoms with Crippen molar-refractivity contribution in [3.8, 4) is 0 Å². The van der Waals surface area contributed by atoms with E-state index in [1.165, 1.54) is 0 Å². The molecule has 24 nitrogen and oxygen atoms in total. The Balaban J connectivity index is 3.50. The molecule has 0 saturated carbocycles. The summed E-state index contributed by atoms with van der Waals surface area (Å²) in [6.07, 6.45) is -1.19. The monoisotopic (exact) mass is 1100 g/mol. The Hall–Kier alpha value is -6.24. The van der Waals surface area contributed by atoms with Crippen LogP contribution in [-0.2, 0) is 54.4 Å². The summed E-state index contributed by atoms with van der Waals surface area (Å²) in [4.78, 5) is 136. The van der Waals surface area contributed by atoms with E-state index in [-0.39, 0.29) is 74.0 Å². The van der Waals surface area contributed by atoms with Crippen molar-refractivity contribution >= 4 is 59.1 Å². The van der Waals surface area contributed by atoms with Gasteiger partial charge in [-0.15, -0.1) is 0 Å². The van der Waals surface area contributed by atoms with Crippen LogP contribution in [0.3, 0.4) is 0 Å². The third kappa shape index (κ3) is 25.5. The van der Waals surface area contributed by atoms with Crippen LogP contribution in [-0.4, -0.2) is 159 Å². The van der Waals surface area contributed by atoms with Gasteiger partial charge in [-0.1, -0.05) is 113 Å². The van der Waals surface area contributed by atoms with Crippen LogP contribution in [0.1, 0.15) is 128 Å². The quantitative estimate of drug-likeness (QED) is 0.0398. The number of aliphatic carboxylic acids is 1. The molecule has 0 fully saturated rings. The Morgan fingerprint density at radius 3 is 0.987 bits per heavy atom. The lowest BCUT2D eigenvalue weighted by Gasteiger charge is -2.29. The molecule has 442 valence electrons. The van der Waals surface area contributed by atoms with E-state index in [1.807, 2.05) is 33.0 Å². The molecule has 78 heavy (non-hydrogen) atoms. The molecule has 0 aliphatic rings. The Bertz CT molecular complexity index is 2120. The van der Waals surface area contributed by atoms with Gasteiger partial charge in [-0.3, -0.25) is 43.2 Å². The molecule has 0 saturated heterocycles. The first-order valence-electron chi connectivity index (χ1n) is 27.0. The molecule has 0 bridgehead atoms. The molecule has 1 rings (SSSR count). The zero-order valence-corrected chi connectivity index (χ0v) is 47.8. The van der Waals surface area contributed by atoms with Crippen LogP contribution in [0.4, 0.5) is 0 Å². The highest BCUT2D eigenvalue weighted by molar-refractivity contribution is 5.98. The van der Waals surface area contributed by atoms with E-state index in [0.29, 0.717) is 5.56 Å². The van der Waals surface area contributed by atoms with Crippen LogP contribution in [0.15, 0.2) is 30.3 Å². The maximum atomic E-state index is 14.4. The van der Waals surface area contributed by atoms with Crippen molar-refractivity contribution in [3.05, 3.63) is 35.9 Å². The molecule has 0 spiro atoms. The largest absolute Gasteiger partial charge is 0.480 e. The van der Waals surface area contributed by atoms with Crippen LogP contribution < -0.4 is 53.6 Å². The SMILES string of the molecule is CC(C)C[C@H](NC(=O)[C@H](Cc1ccccc1)NC(=O)[C@H](CC(C)C)NC(=O)[C@H](CC(C)C)NC(=O)[C@@H](N)C(C)C)C(=O)N[C@@H](CO)C(=O)N[C@@H](CC(C)C)C(=O)N[C@@H](CC(C)C)C(=O)N[C@H](C(=O)N[C@@H](CO)C(=O)O)[C@@H](C)O. The standard InChI is InChI=1S/C54H92N10O14/c1-27(2)19-35(56-47(70)38(22-30(7)8)61-52(75)43(55)32(11)12)46(69)60-40(24-34-17-15-14-16-18-34)49(72)57-37(21-29(5)6)48(71)62-41(25-65)51(74)59-36(20-28(3)4)45(68)58-39(23-31(9)10)50(73)64-44(33(13)67)53(76)63-42(26-66)54(77)78/h14-18,27-33,35-44,65-67H,19-26,55H2,1-13H3,(H,56,70)(H,57,72)(H,58,68)(H,59,74)(H,60,69)(H,61,75)(H,62,71)(H,63,76)(H,64,73)(H,77,78)/t33-,35+,36+,37+,38+,39+,40+,41+,42+,43+,44+/m1/s1. The minimum Gasteiger partial charge on any atom is -0.480 e. The van der Waals surface area contributed by atoms with Gasteiger partial charge in [0.05, 0.1) is 25.4 Å². The second kappa shape index (κ2) is 34.6. The molecule has 9 amide bonds. The molecule has 0 aliphatic carbocycles. The average molecular weight is 1110 g/mol. The lowest BCUT2D eigenvalue weighted by molar-refractivity contribution is -0.144. The van der Waals surface area contributed by atoms with Gasteiger partial charge in [0.15, 0.2) is 0 Å². The highest BCUT2D eigenvalue weighted by Crippen LogP contribution is 2.15. The van der Waals surface area contributed by atoms with Gasteiger partial charge < -0.3 is 74.0 Å². The molecule has 11 atom stereocenters. The topological polar surface area (TPSA) is 386 Å². The lowest BCUT2D eigenvalue weighted by atomic mass is 9.98. The maximum Gasteiger partial charge on any atom is 0.328 e.